The van der Waals surface area contributed by atoms with Gasteiger partial charge in [-0.3, -0.25) is 9.69 Å². The Balaban J connectivity index is 1.61. The second-order valence-corrected chi connectivity index (χ2v) is 9.62. The average Bonchev–Trinajstić information content (AvgIpc) is 2.78. The fourth-order valence-electron chi connectivity index (χ4n) is 3.55. The van der Waals surface area contributed by atoms with Gasteiger partial charge in [-0.2, -0.15) is 17.5 Å². The number of nitrogens with zero attached hydrogens (tertiary/aromatic N) is 2. The van der Waals surface area contributed by atoms with Crippen molar-refractivity contribution in [2.24, 2.45) is 0 Å². The molecule has 2 aromatic carbocycles. The van der Waals surface area contributed by atoms with Crippen LogP contribution in [0.3, 0.4) is 0 Å². The van der Waals surface area contributed by atoms with Crippen LogP contribution in [0.5, 0.6) is 0 Å². The van der Waals surface area contributed by atoms with E-state index in [1.54, 1.807) is 6.92 Å². The van der Waals surface area contributed by atoms with Crippen LogP contribution in [0, 0.1) is 0 Å². The van der Waals surface area contributed by atoms with Gasteiger partial charge in [-0.15, -0.1) is 0 Å². The highest BCUT2D eigenvalue weighted by atomic mass is 32.2. The third-order valence-electron chi connectivity index (χ3n) is 5.63. The molecule has 0 aromatic heterocycles. The molecule has 1 fully saturated rings. The third kappa shape index (κ3) is 5.48. The van der Waals surface area contributed by atoms with Gasteiger partial charge in [-0.05, 0) is 49.2 Å². The molecule has 1 saturated heterocycles. The molecule has 0 saturated carbocycles. The maximum absolute atomic E-state index is 13.0. The van der Waals surface area contributed by atoms with Crippen LogP contribution in [0.25, 0.3) is 0 Å². The fraction of sp³-hybridized carbons (Fsp3) is 0.409. The molecule has 174 valence electrons. The number of nitrogens with one attached hydrogen (secondary N) is 1. The van der Waals surface area contributed by atoms with Crippen molar-refractivity contribution in [3.63, 3.8) is 0 Å². The zero-order valence-electron chi connectivity index (χ0n) is 17.9. The van der Waals surface area contributed by atoms with Gasteiger partial charge < -0.3 is 5.32 Å². The maximum atomic E-state index is 13.0. The van der Waals surface area contributed by atoms with Crippen LogP contribution in [0.15, 0.2) is 53.4 Å². The summed E-state index contributed by atoms with van der Waals surface area (Å²) in [7, 11) is -4.06. The highest BCUT2D eigenvalue weighted by Gasteiger charge is 2.35. The van der Waals surface area contributed by atoms with Gasteiger partial charge >= 0.3 is 6.18 Å². The van der Waals surface area contributed by atoms with E-state index in [1.807, 2.05) is 36.1 Å². The topological polar surface area (TPSA) is 69.7 Å². The van der Waals surface area contributed by atoms with E-state index in [0.29, 0.717) is 24.8 Å². The molecule has 1 atom stereocenters. The lowest BCUT2D eigenvalue weighted by atomic mass is 10.1. The molecule has 1 aliphatic heterocycles. The Morgan fingerprint density at radius 3 is 2.25 bits per heavy atom. The third-order valence-corrected chi connectivity index (χ3v) is 7.52. The lowest BCUT2D eigenvalue weighted by Gasteiger charge is -2.36. The number of hydrogen-bond acceptors (Lipinski definition) is 4. The van der Waals surface area contributed by atoms with Crippen LogP contribution in [-0.4, -0.2) is 55.8 Å². The molecule has 10 heteroatoms. The van der Waals surface area contributed by atoms with E-state index in [2.05, 4.69) is 5.32 Å². The highest BCUT2D eigenvalue weighted by Crippen LogP contribution is 2.31. The van der Waals surface area contributed by atoms with Crippen molar-refractivity contribution in [1.29, 1.82) is 0 Å². The lowest BCUT2D eigenvalue weighted by Crippen LogP contribution is -2.53. The summed E-state index contributed by atoms with van der Waals surface area (Å²) in [5, 5.41) is 2.86. The minimum atomic E-state index is -4.62. The molecule has 0 spiro atoms. The first-order valence-corrected chi connectivity index (χ1v) is 11.8. The molecule has 0 aliphatic carbocycles. The van der Waals surface area contributed by atoms with E-state index in [9.17, 15) is 26.4 Å². The number of sulfonamides is 1. The van der Waals surface area contributed by atoms with Gasteiger partial charge in [-0.1, -0.05) is 25.1 Å². The van der Waals surface area contributed by atoms with Gasteiger partial charge in [-0.25, -0.2) is 8.42 Å². The van der Waals surface area contributed by atoms with E-state index < -0.39 is 27.8 Å². The molecule has 1 N–H and O–H groups in total. The number of alkyl halides is 3. The van der Waals surface area contributed by atoms with E-state index in [4.69, 9.17) is 0 Å². The molecule has 32 heavy (non-hydrogen) atoms. The molecule has 6 nitrogen and oxygen atoms in total. The fourth-order valence-corrected chi connectivity index (χ4v) is 5.02. The van der Waals surface area contributed by atoms with Crippen molar-refractivity contribution in [2.75, 3.05) is 31.5 Å². The van der Waals surface area contributed by atoms with Crippen LogP contribution in [0.4, 0.5) is 18.9 Å². The Kier molecular flexibility index (Phi) is 7.26. The van der Waals surface area contributed by atoms with Crippen LogP contribution < -0.4 is 5.32 Å². The Morgan fingerprint density at radius 2 is 1.69 bits per heavy atom. The largest absolute Gasteiger partial charge is 0.416 e. The lowest BCUT2D eigenvalue weighted by molar-refractivity contribution is -0.137. The predicted molar refractivity (Wildman–Crippen MR) is 116 cm³/mol. The molecule has 1 amide bonds. The summed E-state index contributed by atoms with van der Waals surface area (Å²) in [4.78, 5) is 14.1. The molecular formula is C22H26F3N3O3S. The first-order chi connectivity index (χ1) is 15.0. The summed E-state index contributed by atoms with van der Waals surface area (Å²) in [5.41, 5.74) is 0.841. The number of rotatable bonds is 6. The van der Waals surface area contributed by atoms with E-state index >= 15 is 0 Å². The predicted octanol–water partition coefficient (Wildman–Crippen LogP) is 3.60. The van der Waals surface area contributed by atoms with Gasteiger partial charge in [0, 0.05) is 31.9 Å². The van der Waals surface area contributed by atoms with Crippen LogP contribution in [0.1, 0.15) is 25.0 Å². The van der Waals surface area contributed by atoms with Gasteiger partial charge in [0.1, 0.15) is 0 Å². The van der Waals surface area contributed by atoms with Crippen molar-refractivity contribution in [3.05, 3.63) is 59.7 Å². The Labute approximate surface area is 186 Å². The molecule has 2 aromatic rings. The number of halogens is 3. The van der Waals surface area contributed by atoms with E-state index in [1.165, 1.54) is 0 Å². The average molecular weight is 470 g/mol. The molecule has 0 unspecified atom stereocenters. The standard InChI is InChI=1S/C22H26F3N3O3S/c1-3-17-7-9-19(10-8-17)26-21(29)16(2)27-11-13-28(14-12-27)32(30,31)20-6-4-5-18(15-20)22(23,24)25/h4-10,15-16H,3,11-14H2,1-2H3,(H,26,29)/t16-/m0/s1. The minimum absolute atomic E-state index is 0.0847. The monoisotopic (exact) mass is 469 g/mol. The summed E-state index contributed by atoms with van der Waals surface area (Å²) >= 11 is 0. The molecule has 1 heterocycles. The molecule has 0 radical (unpaired) electrons. The van der Waals surface area contributed by atoms with E-state index in [-0.39, 0.29) is 23.9 Å². The second-order valence-electron chi connectivity index (χ2n) is 7.68. The van der Waals surface area contributed by atoms with Gasteiger partial charge in [0.05, 0.1) is 16.5 Å². The number of carbonyl (C=O) groups excluding carboxylic acids is 1. The van der Waals surface area contributed by atoms with Crippen molar-refractivity contribution >= 4 is 21.6 Å². The molecule has 1 aliphatic rings. The second kappa shape index (κ2) is 9.60. The van der Waals surface area contributed by atoms with Gasteiger partial charge in [0.25, 0.3) is 0 Å². The number of piperazine rings is 1. The summed E-state index contributed by atoms with van der Waals surface area (Å²) in [6, 6.07) is 10.8. The van der Waals surface area contributed by atoms with Crippen LogP contribution in [-0.2, 0) is 27.4 Å². The summed E-state index contributed by atoms with van der Waals surface area (Å²) in [6.45, 7) is 4.54. The quantitative estimate of drug-likeness (QED) is 0.702. The molecule has 0 bridgehead atoms. The molecule has 3 rings (SSSR count). The SMILES string of the molecule is CCc1ccc(NC(=O)[C@H](C)N2CCN(S(=O)(=O)c3cccc(C(F)(F)F)c3)CC2)cc1. The first-order valence-electron chi connectivity index (χ1n) is 10.3. The van der Waals surface area contributed by atoms with Crippen LogP contribution >= 0.6 is 0 Å². The van der Waals surface area contributed by atoms with Crippen molar-refractivity contribution in [1.82, 2.24) is 9.21 Å². The zero-order valence-corrected chi connectivity index (χ0v) is 18.7. The number of amides is 1. The number of hydrogen-bond donors (Lipinski definition) is 1. The Bertz CT molecular complexity index is 1050. The van der Waals surface area contributed by atoms with Gasteiger partial charge in [0.2, 0.25) is 15.9 Å². The van der Waals surface area contributed by atoms with Crippen molar-refractivity contribution in [2.45, 2.75) is 37.4 Å². The van der Waals surface area contributed by atoms with E-state index in [0.717, 1.165) is 34.5 Å². The van der Waals surface area contributed by atoms with Crippen molar-refractivity contribution in [3.8, 4) is 0 Å². The highest BCUT2D eigenvalue weighted by molar-refractivity contribution is 7.89. The van der Waals surface area contributed by atoms with Crippen molar-refractivity contribution < 1.29 is 26.4 Å². The smallest absolute Gasteiger partial charge is 0.325 e. The summed E-state index contributed by atoms with van der Waals surface area (Å²) in [6.07, 6.45) is -3.72. The minimum Gasteiger partial charge on any atom is -0.325 e. The van der Waals surface area contributed by atoms with Gasteiger partial charge in [0.15, 0.2) is 0 Å². The zero-order chi connectivity index (χ0) is 23.5. The Hall–Kier alpha value is -2.43. The Morgan fingerprint density at radius 1 is 1.06 bits per heavy atom. The maximum Gasteiger partial charge on any atom is 0.416 e. The number of benzene rings is 2. The molecular weight excluding hydrogens is 443 g/mol. The number of aryl methyl sites for hydroxylation is 1. The number of anilines is 1. The number of carbonyl (C=O) groups is 1. The first kappa shape index (κ1) is 24.2. The van der Waals surface area contributed by atoms with Crippen LogP contribution in [0.2, 0.25) is 0 Å². The summed E-state index contributed by atoms with van der Waals surface area (Å²) < 4.78 is 65.7. The summed E-state index contributed by atoms with van der Waals surface area (Å²) in [5.74, 6) is -0.205. The normalized spacial score (nSPS) is 17.2.